The first-order valence-electron chi connectivity index (χ1n) is 34.7. The number of carbonyl (C=O) groups is 2. The van der Waals surface area contributed by atoms with Crippen LogP contribution in [0.2, 0.25) is 0 Å². The lowest BCUT2D eigenvalue weighted by Crippen LogP contribution is -2.37. The van der Waals surface area contributed by atoms with Gasteiger partial charge in [-0.1, -0.05) is 318 Å². The molecule has 0 aliphatic heterocycles. The summed E-state index contributed by atoms with van der Waals surface area (Å²) in [5.74, 6) is -0.779. The molecule has 0 aromatic rings. The van der Waals surface area contributed by atoms with Crippen LogP contribution in [0.25, 0.3) is 0 Å². The summed E-state index contributed by atoms with van der Waals surface area (Å²) in [6, 6.07) is 0. The van der Waals surface area contributed by atoms with Crippen molar-refractivity contribution in [3.8, 4) is 0 Å². The van der Waals surface area contributed by atoms with Gasteiger partial charge in [-0.05, 0) is 64.2 Å². The molecule has 2 atom stereocenters. The molecule has 2 unspecified atom stereocenters. The Morgan fingerprint density at radius 2 is 0.695 bits per heavy atom. The van der Waals surface area contributed by atoms with Crippen LogP contribution in [-0.2, 0) is 32.7 Å². The molecule has 0 aliphatic carbocycles. The number of esters is 2. The first-order chi connectivity index (χ1) is 40.0. The van der Waals surface area contributed by atoms with Gasteiger partial charge in [0.1, 0.15) is 19.8 Å². The van der Waals surface area contributed by atoms with Crippen LogP contribution in [0, 0.1) is 0 Å². The van der Waals surface area contributed by atoms with E-state index in [9.17, 15) is 19.0 Å². The Hall–Kier alpha value is -2.55. The van der Waals surface area contributed by atoms with Crippen molar-refractivity contribution < 1.29 is 42.1 Å². The fraction of sp³-hybridized carbons (Fsp3) is 0.806. The minimum Gasteiger partial charge on any atom is -0.462 e. The lowest BCUT2D eigenvalue weighted by molar-refractivity contribution is -0.870. The average Bonchev–Trinajstić information content (AvgIpc) is 3.46. The van der Waals surface area contributed by atoms with Crippen LogP contribution in [0.1, 0.15) is 322 Å². The number of rotatable bonds is 64. The Morgan fingerprint density at radius 1 is 0.390 bits per heavy atom. The van der Waals surface area contributed by atoms with E-state index in [1.54, 1.807) is 0 Å². The maximum Gasteiger partial charge on any atom is 0.472 e. The number of nitrogens with zero attached hydrogens (tertiary/aromatic N) is 1. The SMILES string of the molecule is CC/C=C\C/C=C\C/C=C\C/C=C\C/C=C\C/C=C\CCCCCCCCCCCCCCCCCCCCCCC(=O)OC(COC(=O)CCCCCCCCCCCCCCCCCCCCC)COP(=O)(O)OCC[N+](C)(C)C. The summed E-state index contributed by atoms with van der Waals surface area (Å²) < 4.78 is 34.7. The third-order valence-corrected chi connectivity index (χ3v) is 16.2. The van der Waals surface area contributed by atoms with Gasteiger partial charge in [-0.25, -0.2) is 4.57 Å². The highest BCUT2D eigenvalue weighted by molar-refractivity contribution is 7.47. The van der Waals surface area contributed by atoms with Gasteiger partial charge in [0, 0.05) is 12.8 Å². The number of phosphoric ester groups is 1. The number of hydrogen-bond donors (Lipinski definition) is 1. The zero-order chi connectivity index (χ0) is 59.8. The summed E-state index contributed by atoms with van der Waals surface area (Å²) in [5, 5.41) is 0. The van der Waals surface area contributed by atoms with E-state index in [-0.39, 0.29) is 25.6 Å². The van der Waals surface area contributed by atoms with Gasteiger partial charge < -0.3 is 18.9 Å². The molecule has 0 heterocycles. The average molecular weight is 1170 g/mol. The molecule has 0 aromatic heterocycles. The van der Waals surface area contributed by atoms with Crippen molar-refractivity contribution in [3.63, 3.8) is 0 Å². The molecule has 0 aliphatic rings. The number of allylic oxidation sites excluding steroid dienone is 12. The normalized spacial score (nSPS) is 13.6. The quantitative estimate of drug-likeness (QED) is 0.0211. The predicted molar refractivity (Wildman–Crippen MR) is 353 cm³/mol. The van der Waals surface area contributed by atoms with E-state index in [0.717, 1.165) is 70.6 Å². The molecule has 9 nitrogen and oxygen atoms in total. The molecule has 0 spiro atoms. The maximum absolute atomic E-state index is 12.9. The highest BCUT2D eigenvalue weighted by Gasteiger charge is 2.27. The minimum absolute atomic E-state index is 0.0335. The number of phosphoric acid groups is 1. The van der Waals surface area contributed by atoms with Crippen molar-refractivity contribution >= 4 is 19.8 Å². The Bertz CT molecular complexity index is 1610. The maximum atomic E-state index is 12.9. The predicted octanol–water partition coefficient (Wildman–Crippen LogP) is 22.4. The van der Waals surface area contributed by atoms with Gasteiger partial charge in [-0.2, -0.15) is 0 Å². The van der Waals surface area contributed by atoms with Crippen LogP contribution in [0.3, 0.4) is 0 Å². The molecule has 0 saturated carbocycles. The third-order valence-electron chi connectivity index (χ3n) is 15.3. The molecule has 0 bridgehead atoms. The van der Waals surface area contributed by atoms with Gasteiger partial charge >= 0.3 is 19.8 Å². The first kappa shape index (κ1) is 79.5. The molecule has 0 amide bonds. The Kier molecular flexibility index (Phi) is 61.0. The number of ether oxygens (including phenoxy) is 2. The van der Waals surface area contributed by atoms with Crippen molar-refractivity contribution in [1.82, 2.24) is 0 Å². The first-order valence-corrected chi connectivity index (χ1v) is 36.2. The molecule has 1 N–H and O–H groups in total. The van der Waals surface area contributed by atoms with Crippen molar-refractivity contribution in [1.29, 1.82) is 0 Å². The summed E-state index contributed by atoms with van der Waals surface area (Å²) in [4.78, 5) is 35.8. The minimum atomic E-state index is -4.39. The number of unbranched alkanes of at least 4 members (excludes halogenated alkanes) is 38. The van der Waals surface area contributed by atoms with E-state index in [4.69, 9.17) is 18.5 Å². The number of carbonyl (C=O) groups excluding carboxylic acids is 2. The van der Waals surface area contributed by atoms with E-state index >= 15 is 0 Å². The van der Waals surface area contributed by atoms with Crippen LogP contribution >= 0.6 is 7.82 Å². The lowest BCUT2D eigenvalue weighted by atomic mass is 10.0. The molecule has 0 radical (unpaired) electrons. The van der Waals surface area contributed by atoms with Crippen molar-refractivity contribution in [3.05, 3.63) is 72.9 Å². The van der Waals surface area contributed by atoms with Crippen molar-refractivity contribution in [2.24, 2.45) is 0 Å². The topological polar surface area (TPSA) is 108 Å². The van der Waals surface area contributed by atoms with E-state index in [1.165, 1.54) is 218 Å². The number of quaternary nitrogens is 1. The Morgan fingerprint density at radius 3 is 1.04 bits per heavy atom. The fourth-order valence-corrected chi connectivity index (χ4v) is 10.7. The summed E-state index contributed by atoms with van der Waals surface area (Å²) in [6.07, 6.45) is 84.4. The van der Waals surface area contributed by atoms with Crippen LogP contribution in [0.15, 0.2) is 72.9 Å². The molecule has 0 saturated heterocycles. The second-order valence-corrected chi connectivity index (χ2v) is 26.0. The van der Waals surface area contributed by atoms with E-state index in [2.05, 4.69) is 86.8 Å². The van der Waals surface area contributed by atoms with Crippen LogP contribution in [-0.4, -0.2) is 74.9 Å². The molecule has 82 heavy (non-hydrogen) atoms. The Balaban J connectivity index is 3.95. The van der Waals surface area contributed by atoms with Gasteiger partial charge in [0.25, 0.3) is 0 Å². The van der Waals surface area contributed by atoms with E-state index < -0.39 is 26.5 Å². The third kappa shape index (κ3) is 66.6. The smallest absolute Gasteiger partial charge is 0.462 e. The van der Waals surface area contributed by atoms with Gasteiger partial charge in [0.2, 0.25) is 0 Å². The second kappa shape index (κ2) is 63.0. The van der Waals surface area contributed by atoms with E-state index in [0.29, 0.717) is 23.9 Å². The summed E-state index contributed by atoms with van der Waals surface area (Å²) in [7, 11) is 1.49. The van der Waals surface area contributed by atoms with Gasteiger partial charge in [0.05, 0.1) is 27.7 Å². The van der Waals surface area contributed by atoms with Gasteiger partial charge in [0.15, 0.2) is 6.10 Å². The molecule has 478 valence electrons. The van der Waals surface area contributed by atoms with Crippen molar-refractivity contribution in [2.75, 3.05) is 47.5 Å². The zero-order valence-electron chi connectivity index (χ0n) is 54.5. The van der Waals surface area contributed by atoms with Gasteiger partial charge in [-0.3, -0.25) is 18.6 Å². The highest BCUT2D eigenvalue weighted by Crippen LogP contribution is 2.43. The monoisotopic (exact) mass is 1170 g/mol. The number of hydrogen-bond acceptors (Lipinski definition) is 7. The Labute approximate surface area is 508 Å². The fourth-order valence-electron chi connectivity index (χ4n) is 9.96. The van der Waals surface area contributed by atoms with E-state index in [1.807, 2.05) is 21.1 Å². The summed E-state index contributed by atoms with van der Waals surface area (Å²) >= 11 is 0. The largest absolute Gasteiger partial charge is 0.472 e. The van der Waals surface area contributed by atoms with Crippen LogP contribution in [0.4, 0.5) is 0 Å². The molecule has 10 heteroatoms. The standard InChI is InChI=1S/C72H132NO8P/c1-6-8-10-12-14-16-18-20-22-24-26-27-28-29-30-31-32-33-34-35-36-37-38-39-40-41-42-43-44-45-47-49-51-53-55-57-59-61-63-65-72(75)81-70(69-80-82(76,77)79-67-66-73(3,4)5)68-78-71(74)64-62-60-58-56-54-52-50-48-46-25-23-21-19-17-15-13-11-9-7-2/h8,10,14,16,20,22,26-27,29-30,32-33,70H,6-7,9,11-13,15,17-19,21,23-25,28,31,34-69H2,1-5H3/p+1/b10-8-,16-14-,22-20-,27-26-,30-29-,33-32-. The second-order valence-electron chi connectivity index (χ2n) is 24.5. The molecule has 0 aromatic carbocycles. The van der Waals surface area contributed by atoms with Crippen LogP contribution in [0.5, 0.6) is 0 Å². The van der Waals surface area contributed by atoms with Gasteiger partial charge in [-0.15, -0.1) is 0 Å². The van der Waals surface area contributed by atoms with Crippen molar-refractivity contribution in [2.45, 2.75) is 328 Å². The zero-order valence-corrected chi connectivity index (χ0v) is 55.4. The highest BCUT2D eigenvalue weighted by atomic mass is 31.2. The molecular formula is C72H133NO8P+. The summed E-state index contributed by atoms with van der Waals surface area (Å²) in [6.45, 7) is 4.37. The van der Waals surface area contributed by atoms with Crippen LogP contribution < -0.4 is 0 Å². The summed E-state index contributed by atoms with van der Waals surface area (Å²) in [5.41, 5.74) is 0. The number of likely N-dealkylation sites (N-methyl/N-ethyl adjacent to an activating group) is 1. The molecular weight excluding hydrogens is 1040 g/mol. The lowest BCUT2D eigenvalue weighted by Gasteiger charge is -2.24. The molecule has 0 rings (SSSR count). The molecule has 0 fully saturated rings.